The van der Waals surface area contributed by atoms with Crippen molar-refractivity contribution < 1.29 is 4.42 Å². The van der Waals surface area contributed by atoms with E-state index < -0.39 is 0 Å². The molecule has 130 valence electrons. The van der Waals surface area contributed by atoms with Crippen LogP contribution in [0.1, 0.15) is 5.76 Å². The summed E-state index contributed by atoms with van der Waals surface area (Å²) in [5.74, 6) is 1.74. The van der Waals surface area contributed by atoms with E-state index in [2.05, 4.69) is 31.7 Å². The molecule has 0 saturated heterocycles. The van der Waals surface area contributed by atoms with Crippen molar-refractivity contribution in [2.45, 2.75) is 6.54 Å². The van der Waals surface area contributed by atoms with E-state index in [0.29, 0.717) is 13.2 Å². The highest BCUT2D eigenvalue weighted by Gasteiger charge is 2.05. The number of nitrogens with zero attached hydrogens (tertiary/aromatic N) is 2. The van der Waals surface area contributed by atoms with E-state index in [1.807, 2.05) is 54.6 Å². The van der Waals surface area contributed by atoms with Crippen LogP contribution in [0.2, 0.25) is 0 Å². The van der Waals surface area contributed by atoms with Gasteiger partial charge in [0.15, 0.2) is 0 Å². The quantitative estimate of drug-likeness (QED) is 0.349. The number of rotatable bonds is 7. The minimum Gasteiger partial charge on any atom is -0.467 e. The van der Waals surface area contributed by atoms with E-state index in [4.69, 9.17) is 4.42 Å². The largest absolute Gasteiger partial charge is 0.467 e. The summed E-state index contributed by atoms with van der Waals surface area (Å²) in [6.07, 6.45) is 3.34. The van der Waals surface area contributed by atoms with Gasteiger partial charge in [-0.15, -0.1) is 0 Å². The third kappa shape index (κ3) is 3.75. The Morgan fingerprint density at radius 1 is 1.08 bits per heavy atom. The fraction of sp³-hybridized carbons (Fsp3) is 0.100. The first-order valence-corrected chi connectivity index (χ1v) is 8.41. The van der Waals surface area contributed by atoms with Crippen molar-refractivity contribution in [2.24, 2.45) is 4.99 Å². The van der Waals surface area contributed by atoms with Gasteiger partial charge in [-0.25, -0.2) is 4.98 Å². The summed E-state index contributed by atoms with van der Waals surface area (Å²) in [7, 11) is 0. The maximum Gasteiger partial charge on any atom is 0.138 e. The van der Waals surface area contributed by atoms with Gasteiger partial charge in [-0.3, -0.25) is 4.99 Å². The topological polar surface area (TPSA) is 78.2 Å². The molecule has 0 bridgehead atoms. The van der Waals surface area contributed by atoms with E-state index >= 15 is 0 Å². The summed E-state index contributed by atoms with van der Waals surface area (Å²) in [6, 6.07) is 19.9. The lowest BCUT2D eigenvalue weighted by molar-refractivity contribution is 0.504. The number of aromatic nitrogens is 2. The highest BCUT2D eigenvalue weighted by Crippen LogP contribution is 2.22. The molecule has 0 atom stereocenters. The molecule has 2 aromatic heterocycles. The van der Waals surface area contributed by atoms with Crippen LogP contribution >= 0.6 is 0 Å². The zero-order valence-corrected chi connectivity index (χ0v) is 14.1. The number of hydrogen-bond acceptors (Lipinski definition) is 4. The number of hydrogen-bond donors (Lipinski definition) is 3. The number of fused-ring (bicyclic) bond motifs is 1. The van der Waals surface area contributed by atoms with Gasteiger partial charge in [0.2, 0.25) is 0 Å². The lowest BCUT2D eigenvalue weighted by Crippen LogP contribution is -2.11. The molecule has 0 fully saturated rings. The second kappa shape index (κ2) is 7.57. The van der Waals surface area contributed by atoms with Crippen LogP contribution in [0.4, 0.5) is 5.69 Å². The first kappa shape index (κ1) is 16.0. The zero-order valence-electron chi connectivity index (χ0n) is 14.1. The Hall–Kier alpha value is -3.54. The Kier molecular flexibility index (Phi) is 4.64. The van der Waals surface area contributed by atoms with Gasteiger partial charge in [-0.2, -0.15) is 0 Å². The predicted molar refractivity (Wildman–Crippen MR) is 104 cm³/mol. The van der Waals surface area contributed by atoms with E-state index in [1.54, 1.807) is 12.6 Å². The average Bonchev–Trinajstić information content (AvgIpc) is 3.34. The monoisotopic (exact) mass is 345 g/mol. The van der Waals surface area contributed by atoms with E-state index in [0.717, 1.165) is 33.9 Å². The number of H-pyrrole nitrogens is 1. The summed E-state index contributed by atoms with van der Waals surface area (Å²) >= 11 is 0. The number of aromatic amines is 1. The molecule has 0 aliphatic rings. The Labute approximate surface area is 151 Å². The Balaban J connectivity index is 1.35. The minimum absolute atomic E-state index is 0.481. The molecule has 3 N–H and O–H groups in total. The number of nitrogens with one attached hydrogen (secondary N) is 3. The Morgan fingerprint density at radius 2 is 2.04 bits per heavy atom. The zero-order chi connectivity index (χ0) is 17.6. The first-order valence-electron chi connectivity index (χ1n) is 8.41. The molecule has 0 aliphatic carbocycles. The Bertz CT molecular complexity index is 971. The van der Waals surface area contributed by atoms with Crippen LogP contribution in [0, 0.1) is 0 Å². The standard InChI is InChI=1S/C20H19N5O/c1-2-9-19-18(8-1)24-20(25-19)15-5-3-6-16(11-15)23-14-22-13-21-12-17-7-4-10-26-17/h1-11,13,23H,12,14H2,(H,21,22)(H,24,25). The number of benzene rings is 2. The van der Waals surface area contributed by atoms with Gasteiger partial charge >= 0.3 is 0 Å². The normalized spacial score (nSPS) is 11.2. The van der Waals surface area contributed by atoms with Crippen molar-refractivity contribution in [1.29, 1.82) is 0 Å². The van der Waals surface area contributed by atoms with Gasteiger partial charge in [-0.05, 0) is 36.4 Å². The second-order valence-electron chi connectivity index (χ2n) is 5.79. The molecule has 0 radical (unpaired) electrons. The third-order valence-electron chi connectivity index (χ3n) is 3.94. The SMILES string of the molecule is C(=N/CNc1cccc(-c2nc3ccccc3[nH]2)c1)/NCc1ccco1. The van der Waals surface area contributed by atoms with Crippen molar-refractivity contribution in [2.75, 3.05) is 12.0 Å². The van der Waals surface area contributed by atoms with Gasteiger partial charge in [0.25, 0.3) is 0 Å². The van der Waals surface area contributed by atoms with Crippen LogP contribution in [0.5, 0.6) is 0 Å². The molecular formula is C20H19N5O. The molecule has 6 heteroatoms. The van der Waals surface area contributed by atoms with Crippen molar-refractivity contribution in [3.63, 3.8) is 0 Å². The molecule has 0 amide bonds. The third-order valence-corrected chi connectivity index (χ3v) is 3.94. The molecule has 0 spiro atoms. The van der Waals surface area contributed by atoms with E-state index in [1.165, 1.54) is 0 Å². The summed E-state index contributed by atoms with van der Waals surface area (Å²) in [6.45, 7) is 1.10. The molecule has 26 heavy (non-hydrogen) atoms. The Morgan fingerprint density at radius 3 is 2.92 bits per heavy atom. The maximum atomic E-state index is 5.24. The fourth-order valence-corrected chi connectivity index (χ4v) is 2.67. The molecule has 2 heterocycles. The summed E-state index contributed by atoms with van der Waals surface area (Å²) in [5.41, 5.74) is 4.03. The van der Waals surface area contributed by atoms with Gasteiger partial charge in [-0.1, -0.05) is 24.3 Å². The van der Waals surface area contributed by atoms with Crippen molar-refractivity contribution in [1.82, 2.24) is 15.3 Å². The van der Waals surface area contributed by atoms with Crippen LogP contribution in [-0.4, -0.2) is 23.0 Å². The average molecular weight is 345 g/mol. The van der Waals surface area contributed by atoms with Crippen LogP contribution in [0.15, 0.2) is 76.3 Å². The van der Waals surface area contributed by atoms with Crippen molar-refractivity contribution in [3.05, 3.63) is 72.7 Å². The minimum atomic E-state index is 0.481. The molecule has 0 aliphatic heterocycles. The molecule has 2 aromatic carbocycles. The molecule has 6 nitrogen and oxygen atoms in total. The van der Waals surface area contributed by atoms with E-state index in [9.17, 15) is 0 Å². The van der Waals surface area contributed by atoms with Crippen LogP contribution in [-0.2, 0) is 6.54 Å². The summed E-state index contributed by atoms with van der Waals surface area (Å²) in [5, 5.41) is 6.36. The predicted octanol–water partition coefficient (Wildman–Crippen LogP) is 4.01. The van der Waals surface area contributed by atoms with Crippen LogP contribution < -0.4 is 10.6 Å². The molecule has 0 unspecified atom stereocenters. The maximum absolute atomic E-state index is 5.24. The number of furan rings is 1. The van der Waals surface area contributed by atoms with Crippen LogP contribution in [0.3, 0.4) is 0 Å². The number of aliphatic imine (C=N–C) groups is 1. The lowest BCUT2D eigenvalue weighted by Gasteiger charge is -2.05. The summed E-state index contributed by atoms with van der Waals surface area (Å²) in [4.78, 5) is 12.3. The van der Waals surface area contributed by atoms with Gasteiger partial charge in [0.05, 0.1) is 30.2 Å². The molecule has 4 aromatic rings. The van der Waals surface area contributed by atoms with Crippen molar-refractivity contribution in [3.8, 4) is 11.4 Å². The summed E-state index contributed by atoms with van der Waals surface area (Å²) < 4.78 is 5.24. The lowest BCUT2D eigenvalue weighted by atomic mass is 10.2. The van der Waals surface area contributed by atoms with Gasteiger partial charge in [0.1, 0.15) is 18.3 Å². The second-order valence-corrected chi connectivity index (χ2v) is 5.79. The molecule has 0 saturated carbocycles. The van der Waals surface area contributed by atoms with Gasteiger partial charge in [0, 0.05) is 11.3 Å². The van der Waals surface area contributed by atoms with Gasteiger partial charge < -0.3 is 20.0 Å². The van der Waals surface area contributed by atoms with Crippen molar-refractivity contribution >= 4 is 23.1 Å². The fourth-order valence-electron chi connectivity index (χ4n) is 2.67. The highest BCUT2D eigenvalue weighted by molar-refractivity contribution is 5.79. The smallest absolute Gasteiger partial charge is 0.138 e. The molecule has 4 rings (SSSR count). The number of anilines is 1. The highest BCUT2D eigenvalue weighted by atomic mass is 16.3. The van der Waals surface area contributed by atoms with E-state index in [-0.39, 0.29) is 0 Å². The van der Waals surface area contributed by atoms with Crippen LogP contribution in [0.25, 0.3) is 22.4 Å². The first-order chi connectivity index (χ1) is 12.9. The number of imidazole rings is 1. The molecular weight excluding hydrogens is 326 g/mol. The number of para-hydroxylation sites is 2.